The van der Waals surface area contributed by atoms with E-state index in [4.69, 9.17) is 4.74 Å². The van der Waals surface area contributed by atoms with Gasteiger partial charge in [-0.05, 0) is 35.9 Å². The smallest absolute Gasteiger partial charge is 0.215 e. The molecule has 0 saturated heterocycles. The zero-order valence-corrected chi connectivity index (χ0v) is 17.6. The largest absolute Gasteiger partial charge is 0.497 e. The van der Waals surface area contributed by atoms with E-state index in [1.54, 1.807) is 14.2 Å². The molecule has 2 N–H and O–H groups in total. The second-order valence-corrected chi connectivity index (χ2v) is 8.31. The van der Waals surface area contributed by atoms with Crippen molar-refractivity contribution in [2.24, 2.45) is 4.99 Å². The van der Waals surface area contributed by atoms with Gasteiger partial charge in [-0.1, -0.05) is 36.4 Å². The summed E-state index contributed by atoms with van der Waals surface area (Å²) >= 11 is 0. The van der Waals surface area contributed by atoms with Crippen LogP contribution in [0.1, 0.15) is 16.7 Å². The lowest BCUT2D eigenvalue weighted by Gasteiger charge is -2.22. The minimum atomic E-state index is -3.29. The Labute approximate surface area is 167 Å². The molecular formula is C20H28N4O3S. The van der Waals surface area contributed by atoms with Crippen LogP contribution in [0.2, 0.25) is 0 Å². The number of ether oxygens (including phenoxy) is 1. The minimum absolute atomic E-state index is 0.0383. The second kappa shape index (κ2) is 10.1. The van der Waals surface area contributed by atoms with Crippen LogP contribution < -0.4 is 14.8 Å². The molecule has 0 aromatic heterocycles. The molecule has 2 aromatic rings. The molecule has 0 saturated carbocycles. The normalized spacial score (nSPS) is 11.9. The molecule has 7 nitrogen and oxygen atoms in total. The highest BCUT2D eigenvalue weighted by Gasteiger charge is 2.10. The predicted molar refractivity (Wildman–Crippen MR) is 113 cm³/mol. The molecule has 0 bridgehead atoms. The number of rotatable bonds is 8. The van der Waals surface area contributed by atoms with Crippen LogP contribution in [0.25, 0.3) is 0 Å². The average Bonchev–Trinajstić information content (AvgIpc) is 2.69. The Morgan fingerprint density at radius 2 is 1.79 bits per heavy atom. The fourth-order valence-corrected chi connectivity index (χ4v) is 3.53. The van der Waals surface area contributed by atoms with Gasteiger partial charge in [-0.15, -0.1) is 0 Å². The highest BCUT2D eigenvalue weighted by atomic mass is 32.2. The van der Waals surface area contributed by atoms with Crippen LogP contribution in [-0.4, -0.2) is 47.5 Å². The number of nitrogens with zero attached hydrogens (tertiary/aromatic N) is 2. The van der Waals surface area contributed by atoms with E-state index in [1.165, 1.54) is 7.05 Å². The SMILES string of the molecule is CN=C(NCc1cccc(CS(=O)(=O)NC)c1)N(C)Cc1ccc(OC)cc1. The highest BCUT2D eigenvalue weighted by molar-refractivity contribution is 7.88. The summed E-state index contributed by atoms with van der Waals surface area (Å²) in [5, 5.41) is 3.32. The highest BCUT2D eigenvalue weighted by Crippen LogP contribution is 2.13. The zero-order chi connectivity index (χ0) is 20.6. The van der Waals surface area contributed by atoms with E-state index in [-0.39, 0.29) is 5.75 Å². The number of hydrogen-bond acceptors (Lipinski definition) is 4. The zero-order valence-electron chi connectivity index (χ0n) is 16.8. The Morgan fingerprint density at radius 3 is 2.39 bits per heavy atom. The van der Waals surface area contributed by atoms with Gasteiger partial charge >= 0.3 is 0 Å². The number of methoxy groups -OCH3 is 1. The summed E-state index contributed by atoms with van der Waals surface area (Å²) in [4.78, 5) is 6.35. The van der Waals surface area contributed by atoms with Gasteiger partial charge in [0.05, 0.1) is 12.9 Å². The quantitative estimate of drug-likeness (QED) is 0.519. The molecule has 152 valence electrons. The van der Waals surface area contributed by atoms with Crippen molar-refractivity contribution in [1.82, 2.24) is 14.9 Å². The molecule has 0 heterocycles. The molecule has 0 aliphatic heterocycles. The molecule has 0 aliphatic rings. The summed E-state index contributed by atoms with van der Waals surface area (Å²) in [6, 6.07) is 15.4. The predicted octanol–water partition coefficient (Wildman–Crippen LogP) is 1.95. The van der Waals surface area contributed by atoms with Crippen molar-refractivity contribution in [1.29, 1.82) is 0 Å². The molecule has 2 rings (SSSR count). The average molecular weight is 405 g/mol. The van der Waals surface area contributed by atoms with Gasteiger partial charge in [0.2, 0.25) is 10.0 Å². The van der Waals surface area contributed by atoms with E-state index in [0.29, 0.717) is 13.1 Å². The molecule has 2 aromatic carbocycles. The monoisotopic (exact) mass is 404 g/mol. The lowest BCUT2D eigenvalue weighted by atomic mass is 10.1. The fraction of sp³-hybridized carbons (Fsp3) is 0.350. The molecule has 28 heavy (non-hydrogen) atoms. The third-order valence-corrected chi connectivity index (χ3v) is 5.60. The van der Waals surface area contributed by atoms with E-state index in [9.17, 15) is 8.42 Å². The van der Waals surface area contributed by atoms with Crippen LogP contribution >= 0.6 is 0 Å². The third-order valence-electron chi connectivity index (χ3n) is 4.26. The molecule has 0 amide bonds. The number of sulfonamides is 1. The van der Waals surface area contributed by atoms with Gasteiger partial charge in [0.15, 0.2) is 5.96 Å². The fourth-order valence-electron chi connectivity index (χ4n) is 2.77. The molecule has 0 radical (unpaired) electrons. The van der Waals surface area contributed by atoms with Crippen molar-refractivity contribution in [3.05, 3.63) is 65.2 Å². The Balaban J connectivity index is 1.97. The summed E-state index contributed by atoms with van der Waals surface area (Å²) in [7, 11) is 3.49. The standard InChI is InChI=1S/C20H28N4O3S/c1-21-20(24(3)14-16-8-10-19(27-4)11-9-16)23-13-17-6-5-7-18(12-17)15-28(25,26)22-2/h5-12,22H,13-15H2,1-4H3,(H,21,23). The van der Waals surface area contributed by atoms with E-state index in [1.807, 2.05) is 60.5 Å². The first-order valence-electron chi connectivity index (χ1n) is 8.90. The van der Waals surface area contributed by atoms with Gasteiger partial charge in [-0.2, -0.15) is 0 Å². The lowest BCUT2D eigenvalue weighted by molar-refractivity contribution is 0.414. The number of benzene rings is 2. The summed E-state index contributed by atoms with van der Waals surface area (Å²) in [5.41, 5.74) is 2.88. The van der Waals surface area contributed by atoms with Gasteiger partial charge in [0, 0.05) is 27.2 Å². The summed E-state index contributed by atoms with van der Waals surface area (Å²) in [6.07, 6.45) is 0. The van der Waals surface area contributed by atoms with Crippen LogP contribution in [0, 0.1) is 0 Å². The van der Waals surface area contributed by atoms with E-state index < -0.39 is 10.0 Å². The maximum absolute atomic E-state index is 11.7. The minimum Gasteiger partial charge on any atom is -0.497 e. The topological polar surface area (TPSA) is 83.0 Å². The molecule has 8 heteroatoms. The van der Waals surface area contributed by atoms with E-state index in [2.05, 4.69) is 15.0 Å². The summed E-state index contributed by atoms with van der Waals surface area (Å²) in [6.45, 7) is 1.25. The van der Waals surface area contributed by atoms with Crippen molar-refractivity contribution in [2.75, 3.05) is 28.3 Å². The van der Waals surface area contributed by atoms with Crippen molar-refractivity contribution in [3.8, 4) is 5.75 Å². The van der Waals surface area contributed by atoms with Crippen molar-refractivity contribution in [3.63, 3.8) is 0 Å². The van der Waals surface area contributed by atoms with Crippen LogP contribution in [0.5, 0.6) is 5.75 Å². The van der Waals surface area contributed by atoms with Gasteiger partial charge in [-0.3, -0.25) is 4.99 Å². The van der Waals surface area contributed by atoms with E-state index in [0.717, 1.165) is 28.4 Å². The van der Waals surface area contributed by atoms with Gasteiger partial charge in [0.1, 0.15) is 5.75 Å². The molecule has 0 atom stereocenters. The van der Waals surface area contributed by atoms with Crippen LogP contribution in [-0.2, 0) is 28.9 Å². The first-order valence-corrected chi connectivity index (χ1v) is 10.6. The molecular weight excluding hydrogens is 376 g/mol. The Bertz CT molecular complexity index is 896. The van der Waals surface area contributed by atoms with Crippen LogP contribution in [0.3, 0.4) is 0 Å². The number of hydrogen-bond donors (Lipinski definition) is 2. The van der Waals surface area contributed by atoms with Gasteiger partial charge in [-0.25, -0.2) is 13.1 Å². The first kappa shape index (κ1) is 21.7. The van der Waals surface area contributed by atoms with Crippen molar-refractivity contribution < 1.29 is 13.2 Å². The molecule has 0 unspecified atom stereocenters. The molecule has 0 fully saturated rings. The number of nitrogens with one attached hydrogen (secondary N) is 2. The maximum Gasteiger partial charge on any atom is 0.215 e. The Morgan fingerprint density at radius 1 is 1.11 bits per heavy atom. The van der Waals surface area contributed by atoms with Crippen molar-refractivity contribution >= 4 is 16.0 Å². The lowest BCUT2D eigenvalue weighted by Crippen LogP contribution is -2.38. The van der Waals surface area contributed by atoms with Gasteiger partial charge in [0.25, 0.3) is 0 Å². The Kier molecular flexibility index (Phi) is 7.83. The third kappa shape index (κ3) is 6.54. The summed E-state index contributed by atoms with van der Waals surface area (Å²) in [5.74, 6) is 1.54. The number of aliphatic imine (C=N–C) groups is 1. The molecule has 0 aliphatic carbocycles. The van der Waals surface area contributed by atoms with Crippen molar-refractivity contribution in [2.45, 2.75) is 18.8 Å². The molecule has 0 spiro atoms. The first-order chi connectivity index (χ1) is 13.4. The van der Waals surface area contributed by atoms with E-state index >= 15 is 0 Å². The maximum atomic E-state index is 11.7. The van der Waals surface area contributed by atoms with Gasteiger partial charge < -0.3 is 15.0 Å². The number of guanidine groups is 1. The Hall–Kier alpha value is -2.58. The van der Waals surface area contributed by atoms with Crippen LogP contribution in [0.15, 0.2) is 53.5 Å². The van der Waals surface area contributed by atoms with Crippen LogP contribution in [0.4, 0.5) is 0 Å². The second-order valence-electron chi connectivity index (χ2n) is 6.39. The summed E-state index contributed by atoms with van der Waals surface area (Å²) < 4.78 is 31.0.